The Kier molecular flexibility index (Phi) is 3.44. The first-order valence-electron chi connectivity index (χ1n) is 5.82. The van der Waals surface area contributed by atoms with E-state index in [2.05, 4.69) is 71.5 Å². The molecule has 0 bridgehead atoms. The third-order valence-electron chi connectivity index (χ3n) is 4.32. The molecule has 0 nitrogen and oxygen atoms in total. The van der Waals surface area contributed by atoms with Crippen molar-refractivity contribution in [1.29, 1.82) is 0 Å². The molecule has 1 aromatic carbocycles. The topological polar surface area (TPSA) is 0 Å². The van der Waals surface area contributed by atoms with Gasteiger partial charge in [-0.05, 0) is 10.5 Å². The Morgan fingerprint density at radius 2 is 1.33 bits per heavy atom. The van der Waals surface area contributed by atoms with E-state index in [0.29, 0.717) is 10.5 Å². The quantitative estimate of drug-likeness (QED) is 0.668. The predicted octanol–water partition coefficient (Wildman–Crippen LogP) is 3.58. The second-order valence-corrected chi connectivity index (χ2v) is 9.66. The predicted molar refractivity (Wildman–Crippen MR) is 72.6 cm³/mol. The molecule has 0 aliphatic carbocycles. The van der Waals surface area contributed by atoms with Crippen LogP contribution < -0.4 is 5.19 Å². The first kappa shape index (κ1) is 12.5. The van der Waals surface area contributed by atoms with Crippen molar-refractivity contribution < 1.29 is 0 Å². The molecule has 0 fully saturated rings. The molecule has 1 atom stereocenters. The van der Waals surface area contributed by atoms with E-state index in [4.69, 9.17) is 0 Å². The summed E-state index contributed by atoms with van der Waals surface area (Å²) in [4.78, 5) is 0. The zero-order chi connectivity index (χ0) is 11.7. The summed E-state index contributed by atoms with van der Waals surface area (Å²) < 4.78 is 0. The van der Waals surface area contributed by atoms with Crippen LogP contribution in [0.1, 0.15) is 34.6 Å². The Morgan fingerprint density at radius 1 is 0.867 bits per heavy atom. The zero-order valence-electron chi connectivity index (χ0n) is 11.0. The number of hydrogen-bond acceptors (Lipinski definition) is 0. The largest absolute Gasteiger partial charge is 0.0738 e. The summed E-state index contributed by atoms with van der Waals surface area (Å²) in [6.07, 6.45) is 0. The van der Waals surface area contributed by atoms with Crippen LogP contribution in [-0.2, 0) is 0 Å². The van der Waals surface area contributed by atoms with Crippen molar-refractivity contribution in [3.05, 3.63) is 30.3 Å². The molecular formula is C14H24Si. The van der Waals surface area contributed by atoms with Crippen molar-refractivity contribution in [2.24, 2.45) is 5.41 Å². The van der Waals surface area contributed by atoms with Gasteiger partial charge in [-0.2, -0.15) is 0 Å². The fourth-order valence-electron chi connectivity index (χ4n) is 1.81. The molecule has 0 amide bonds. The maximum Gasteiger partial charge on any atom is 0.0738 e. The number of hydrogen-bond donors (Lipinski definition) is 0. The molecule has 1 rings (SSSR count). The monoisotopic (exact) mass is 220 g/mol. The highest BCUT2D eigenvalue weighted by Crippen LogP contribution is 2.46. The Labute approximate surface area is 96.3 Å². The average Bonchev–Trinajstić information content (AvgIpc) is 2.16. The summed E-state index contributed by atoms with van der Waals surface area (Å²) in [7, 11) is -0.895. The lowest BCUT2D eigenvalue weighted by Gasteiger charge is -2.43. The van der Waals surface area contributed by atoms with E-state index in [-0.39, 0.29) is 0 Å². The molecule has 1 heteroatoms. The van der Waals surface area contributed by atoms with Crippen LogP contribution in [0, 0.1) is 5.41 Å². The molecule has 0 aliphatic heterocycles. The van der Waals surface area contributed by atoms with Crippen LogP contribution in [0.4, 0.5) is 0 Å². The van der Waals surface area contributed by atoms with Gasteiger partial charge < -0.3 is 0 Å². The van der Waals surface area contributed by atoms with Crippen LogP contribution in [0.15, 0.2) is 30.3 Å². The van der Waals surface area contributed by atoms with Crippen LogP contribution in [0.25, 0.3) is 0 Å². The smallest absolute Gasteiger partial charge is 0.0676 e. The van der Waals surface area contributed by atoms with Gasteiger partial charge in [-0.25, -0.2) is 0 Å². The van der Waals surface area contributed by atoms with E-state index < -0.39 is 8.80 Å². The molecule has 0 aromatic heterocycles. The van der Waals surface area contributed by atoms with Crippen molar-refractivity contribution in [2.45, 2.75) is 46.2 Å². The summed E-state index contributed by atoms with van der Waals surface area (Å²) in [6, 6.07) is 11.0. The molecule has 0 radical (unpaired) electrons. The number of rotatable bonds is 2. The second kappa shape index (κ2) is 4.13. The van der Waals surface area contributed by atoms with Crippen molar-refractivity contribution in [2.75, 3.05) is 0 Å². The fourth-order valence-corrected chi connectivity index (χ4v) is 4.74. The summed E-state index contributed by atoms with van der Waals surface area (Å²) in [5.41, 5.74) is 0.383. The van der Waals surface area contributed by atoms with E-state index in [1.54, 1.807) is 5.19 Å². The molecule has 15 heavy (non-hydrogen) atoms. The van der Waals surface area contributed by atoms with Gasteiger partial charge in [0.2, 0.25) is 0 Å². The Bertz CT molecular complexity index is 306. The lowest BCUT2D eigenvalue weighted by Crippen LogP contribution is -2.44. The molecule has 0 aliphatic rings. The van der Waals surface area contributed by atoms with E-state index >= 15 is 0 Å². The minimum absolute atomic E-state index is 0.383. The van der Waals surface area contributed by atoms with E-state index in [9.17, 15) is 0 Å². The first-order chi connectivity index (χ1) is 6.77. The maximum absolute atomic E-state index is 2.47. The molecule has 1 unspecified atom stereocenters. The average molecular weight is 220 g/mol. The highest BCUT2D eigenvalue weighted by molar-refractivity contribution is 6.74. The third kappa shape index (κ3) is 2.51. The fraction of sp³-hybridized carbons (Fsp3) is 0.571. The van der Waals surface area contributed by atoms with Gasteiger partial charge in [-0.15, -0.1) is 0 Å². The van der Waals surface area contributed by atoms with Gasteiger partial charge in [0.15, 0.2) is 0 Å². The van der Waals surface area contributed by atoms with Gasteiger partial charge in [-0.3, -0.25) is 0 Å². The normalized spacial score (nSPS) is 15.1. The van der Waals surface area contributed by atoms with Crippen molar-refractivity contribution >= 4 is 14.0 Å². The second-order valence-electron chi connectivity index (χ2n) is 6.10. The summed E-state index contributed by atoms with van der Waals surface area (Å²) in [5, 5.41) is 2.02. The minimum atomic E-state index is -0.895. The van der Waals surface area contributed by atoms with Gasteiger partial charge in [0, 0.05) is 0 Å². The Hall–Kier alpha value is -0.563. The van der Waals surface area contributed by atoms with Crippen LogP contribution in [0.2, 0.25) is 11.6 Å². The van der Waals surface area contributed by atoms with Crippen molar-refractivity contribution in [1.82, 2.24) is 0 Å². The van der Waals surface area contributed by atoms with Gasteiger partial charge >= 0.3 is 0 Å². The van der Waals surface area contributed by atoms with Crippen LogP contribution in [0.3, 0.4) is 0 Å². The van der Waals surface area contributed by atoms with E-state index in [1.165, 1.54) is 0 Å². The van der Waals surface area contributed by atoms with Crippen molar-refractivity contribution in [3.8, 4) is 0 Å². The van der Waals surface area contributed by atoms with Crippen LogP contribution >= 0.6 is 0 Å². The molecular weight excluding hydrogens is 196 g/mol. The lowest BCUT2D eigenvalue weighted by atomic mass is 9.82. The number of benzene rings is 1. The van der Waals surface area contributed by atoms with E-state index in [0.717, 1.165) is 0 Å². The first-order valence-corrected chi connectivity index (χ1v) is 8.12. The zero-order valence-corrected chi connectivity index (χ0v) is 12.1. The summed E-state index contributed by atoms with van der Waals surface area (Å²) >= 11 is 0. The molecule has 0 spiro atoms. The Balaban J connectivity index is 3.00. The highest BCUT2D eigenvalue weighted by Gasteiger charge is 2.38. The van der Waals surface area contributed by atoms with Gasteiger partial charge in [0.1, 0.15) is 0 Å². The molecule has 1 aromatic rings. The molecule has 0 N–H and O–H groups in total. The van der Waals surface area contributed by atoms with Gasteiger partial charge in [0.25, 0.3) is 0 Å². The summed E-state index contributed by atoms with van der Waals surface area (Å²) in [6.45, 7) is 14.4. The van der Waals surface area contributed by atoms with Crippen molar-refractivity contribution in [3.63, 3.8) is 0 Å². The van der Waals surface area contributed by atoms with Gasteiger partial charge in [0.05, 0.1) is 8.80 Å². The molecule has 84 valence electrons. The lowest BCUT2D eigenvalue weighted by molar-refractivity contribution is 0.296. The SMILES string of the molecule is C[SiH](c1ccccc1)C(C)(C)C(C)(C)C. The standard InChI is InChI=1S/C14H24Si/c1-13(2,3)14(4,5)15(6)12-10-8-7-9-11-12/h7-11,15H,1-6H3. The van der Waals surface area contributed by atoms with Crippen LogP contribution in [-0.4, -0.2) is 8.80 Å². The molecule has 0 saturated carbocycles. The minimum Gasteiger partial charge on any atom is -0.0676 e. The highest BCUT2D eigenvalue weighted by atomic mass is 28.3. The summed E-state index contributed by atoms with van der Waals surface area (Å²) in [5.74, 6) is 0. The maximum atomic E-state index is 2.47. The third-order valence-corrected chi connectivity index (χ3v) is 8.73. The van der Waals surface area contributed by atoms with E-state index in [1.807, 2.05) is 0 Å². The van der Waals surface area contributed by atoms with Crippen LogP contribution in [0.5, 0.6) is 0 Å². The molecule has 0 heterocycles. The molecule has 0 saturated heterocycles. The van der Waals surface area contributed by atoms with Gasteiger partial charge in [-0.1, -0.05) is 76.7 Å². The Morgan fingerprint density at radius 3 is 1.73 bits per heavy atom.